The number of nitrogens with two attached hydrogens (primary N) is 1. The first-order valence-electron chi connectivity index (χ1n) is 12.3. The Bertz CT molecular complexity index is 1420. The van der Waals surface area contributed by atoms with Crippen molar-refractivity contribution in [1.82, 2.24) is 9.88 Å². The fourth-order valence-electron chi connectivity index (χ4n) is 7.66. The van der Waals surface area contributed by atoms with Gasteiger partial charge in [-0.25, -0.2) is 4.98 Å². The predicted molar refractivity (Wildman–Crippen MR) is 129 cm³/mol. The molecule has 1 aromatic heterocycles. The highest BCUT2D eigenvalue weighted by molar-refractivity contribution is 6.35. The van der Waals surface area contributed by atoms with E-state index in [9.17, 15) is 10.2 Å². The summed E-state index contributed by atoms with van der Waals surface area (Å²) in [4.78, 5) is 7.54. The van der Waals surface area contributed by atoms with Crippen molar-refractivity contribution in [3.8, 4) is 11.5 Å². The van der Waals surface area contributed by atoms with Gasteiger partial charge >= 0.3 is 0 Å². The summed E-state index contributed by atoms with van der Waals surface area (Å²) >= 11 is 6.54. The number of pyridine rings is 1. The molecule has 4 atom stereocenters. The highest BCUT2D eigenvalue weighted by Crippen LogP contribution is 2.69. The van der Waals surface area contributed by atoms with Gasteiger partial charge in [-0.05, 0) is 55.8 Å². The molecule has 6 nitrogen and oxygen atoms in total. The van der Waals surface area contributed by atoms with E-state index < -0.39 is 17.1 Å². The molecule has 3 aromatic rings. The zero-order chi connectivity index (χ0) is 23.0. The maximum Gasteiger partial charge on any atom is 0.166 e. The lowest BCUT2D eigenvalue weighted by atomic mass is 9.48. The molecule has 2 aliphatic heterocycles. The Balaban J connectivity index is 1.43. The van der Waals surface area contributed by atoms with E-state index in [2.05, 4.69) is 4.90 Å². The van der Waals surface area contributed by atoms with E-state index in [0.29, 0.717) is 28.4 Å². The summed E-state index contributed by atoms with van der Waals surface area (Å²) in [6.45, 7) is 1.93. The van der Waals surface area contributed by atoms with Crippen LogP contribution in [0.15, 0.2) is 30.3 Å². The quantitative estimate of drug-likeness (QED) is 0.521. The lowest BCUT2D eigenvalue weighted by Crippen LogP contribution is -2.74. The topological polar surface area (TPSA) is 91.8 Å². The Hall–Kier alpha value is -2.54. The fourth-order valence-corrected chi connectivity index (χ4v) is 7.88. The van der Waals surface area contributed by atoms with Crippen molar-refractivity contribution in [2.75, 3.05) is 18.8 Å². The first kappa shape index (κ1) is 19.7. The third-order valence-electron chi connectivity index (χ3n) is 9.35. The van der Waals surface area contributed by atoms with Crippen molar-refractivity contribution in [3.63, 3.8) is 0 Å². The first-order chi connectivity index (χ1) is 16.4. The number of phenolic OH excluding ortho intramolecular Hbond substituents is 1. The lowest BCUT2D eigenvalue weighted by molar-refractivity contribution is -0.173. The van der Waals surface area contributed by atoms with Crippen LogP contribution in [0.2, 0.25) is 5.02 Å². The summed E-state index contributed by atoms with van der Waals surface area (Å²) in [5.74, 6) is 1.36. The minimum Gasteiger partial charge on any atom is -0.504 e. The van der Waals surface area contributed by atoms with E-state index in [1.807, 2.05) is 24.3 Å². The van der Waals surface area contributed by atoms with E-state index in [0.717, 1.165) is 54.1 Å². The van der Waals surface area contributed by atoms with Gasteiger partial charge < -0.3 is 20.7 Å². The zero-order valence-corrected chi connectivity index (χ0v) is 19.5. The highest BCUT2D eigenvalue weighted by atomic mass is 35.5. The van der Waals surface area contributed by atoms with Crippen LogP contribution in [-0.4, -0.2) is 44.8 Å². The molecule has 1 saturated heterocycles. The average Bonchev–Trinajstić information content (AvgIpc) is 3.55. The molecule has 174 valence electrons. The third kappa shape index (κ3) is 2.15. The van der Waals surface area contributed by atoms with Crippen LogP contribution in [0.1, 0.15) is 47.8 Å². The summed E-state index contributed by atoms with van der Waals surface area (Å²) in [6, 6.07) is 9.36. The molecule has 0 amide bonds. The number of phenols is 1. The summed E-state index contributed by atoms with van der Waals surface area (Å²) in [5.41, 5.74) is 10.1. The van der Waals surface area contributed by atoms with Crippen LogP contribution in [-0.2, 0) is 18.3 Å². The molecule has 3 heterocycles. The molecule has 7 heteroatoms. The molecule has 8 rings (SSSR count). The SMILES string of the molecule is Nc1c2c(nc3c(Cl)cccc13)[C@@H]1Oc3c(O)ccc4c3[C@@]13CCN(CC1CC1)[C@@H](C4)[C@]3(O)C2. The number of ether oxygens (including phenoxy) is 1. The Morgan fingerprint density at radius 2 is 2.09 bits per heavy atom. The molecular weight excluding hydrogens is 450 g/mol. The molecule has 1 spiro atoms. The number of hydrogen-bond donors (Lipinski definition) is 3. The molecule has 0 unspecified atom stereocenters. The monoisotopic (exact) mass is 475 g/mol. The molecule has 5 aliphatic rings. The number of aliphatic hydroxyl groups is 1. The average molecular weight is 476 g/mol. The Labute approximate surface area is 202 Å². The number of aromatic hydroxyl groups is 1. The molecule has 4 N–H and O–H groups in total. The number of nitrogens with zero attached hydrogens (tertiary/aromatic N) is 2. The van der Waals surface area contributed by atoms with Gasteiger partial charge in [0.25, 0.3) is 0 Å². The number of likely N-dealkylation sites (tertiary alicyclic amines) is 1. The van der Waals surface area contributed by atoms with Crippen LogP contribution in [0.25, 0.3) is 10.9 Å². The van der Waals surface area contributed by atoms with Gasteiger partial charge in [0.1, 0.15) is 0 Å². The van der Waals surface area contributed by atoms with Crippen molar-refractivity contribution in [1.29, 1.82) is 0 Å². The summed E-state index contributed by atoms with van der Waals surface area (Å²) in [5, 5.41) is 24.9. The Morgan fingerprint density at radius 3 is 2.91 bits per heavy atom. The number of aromatic nitrogens is 1. The normalized spacial score (nSPS) is 32.9. The maximum atomic E-state index is 12.8. The van der Waals surface area contributed by atoms with Crippen LogP contribution in [0.5, 0.6) is 11.5 Å². The molecule has 0 radical (unpaired) electrons. The number of hydrogen-bond acceptors (Lipinski definition) is 6. The number of anilines is 1. The predicted octanol–water partition coefficient (Wildman–Crippen LogP) is 3.88. The van der Waals surface area contributed by atoms with Gasteiger partial charge in [0.15, 0.2) is 17.6 Å². The fraction of sp³-hybridized carbons (Fsp3) is 0.444. The van der Waals surface area contributed by atoms with Gasteiger partial charge in [-0.2, -0.15) is 0 Å². The van der Waals surface area contributed by atoms with Crippen LogP contribution in [0, 0.1) is 5.92 Å². The summed E-state index contributed by atoms with van der Waals surface area (Å²) < 4.78 is 6.58. The van der Waals surface area contributed by atoms with Crippen LogP contribution in [0.3, 0.4) is 0 Å². The molecule has 2 bridgehead atoms. The van der Waals surface area contributed by atoms with Crippen LogP contribution in [0.4, 0.5) is 5.69 Å². The van der Waals surface area contributed by atoms with Gasteiger partial charge in [0, 0.05) is 41.2 Å². The molecular formula is C27H26ClN3O3. The summed E-state index contributed by atoms with van der Waals surface area (Å²) in [7, 11) is 0. The molecule has 2 fully saturated rings. The third-order valence-corrected chi connectivity index (χ3v) is 9.66. The minimum absolute atomic E-state index is 0.0291. The molecule has 3 aliphatic carbocycles. The minimum atomic E-state index is -1.06. The van der Waals surface area contributed by atoms with Crippen molar-refractivity contribution in [2.24, 2.45) is 5.92 Å². The number of para-hydroxylation sites is 1. The van der Waals surface area contributed by atoms with Gasteiger partial charge in [0.2, 0.25) is 0 Å². The second kappa shape index (κ2) is 6.17. The van der Waals surface area contributed by atoms with Crippen molar-refractivity contribution in [2.45, 2.75) is 55.3 Å². The van der Waals surface area contributed by atoms with Crippen LogP contribution < -0.4 is 10.5 Å². The van der Waals surface area contributed by atoms with Crippen LogP contribution >= 0.6 is 11.6 Å². The van der Waals surface area contributed by atoms with Crippen molar-refractivity contribution < 1.29 is 14.9 Å². The maximum absolute atomic E-state index is 12.8. The van der Waals surface area contributed by atoms with Gasteiger partial charge in [-0.1, -0.05) is 29.8 Å². The molecule has 2 aromatic carbocycles. The number of benzene rings is 2. The second-order valence-corrected chi connectivity index (χ2v) is 11.4. The number of rotatable bonds is 2. The van der Waals surface area contributed by atoms with Crippen molar-refractivity contribution >= 4 is 28.2 Å². The molecule has 1 saturated carbocycles. The smallest absolute Gasteiger partial charge is 0.166 e. The van der Waals surface area contributed by atoms with Gasteiger partial charge in [-0.15, -0.1) is 0 Å². The lowest BCUT2D eigenvalue weighted by Gasteiger charge is -2.63. The second-order valence-electron chi connectivity index (χ2n) is 11.0. The largest absolute Gasteiger partial charge is 0.504 e. The van der Waals surface area contributed by atoms with E-state index >= 15 is 0 Å². The number of nitrogen functional groups attached to an aromatic ring is 1. The molecule has 34 heavy (non-hydrogen) atoms. The number of halogens is 1. The first-order valence-corrected chi connectivity index (χ1v) is 12.6. The van der Waals surface area contributed by atoms with E-state index in [1.165, 1.54) is 18.4 Å². The Morgan fingerprint density at radius 1 is 1.24 bits per heavy atom. The Kier molecular flexibility index (Phi) is 3.58. The van der Waals surface area contributed by atoms with E-state index in [1.54, 1.807) is 6.07 Å². The van der Waals surface area contributed by atoms with Gasteiger partial charge in [-0.3, -0.25) is 4.90 Å². The number of piperidine rings is 1. The standard InChI is InChI=1S/C27H26ClN3O3/c28-17-3-1-2-15-21(29)16-11-27(33)19-10-14-6-7-18(32)24-20(14)26(27,8-9-31(19)12-13-4-5-13)25(34-24)23(16)30-22(15)17/h1-3,6-7,13,19,25,32-33H,4-5,8-12H2,(H2,29,30)/t19-,25-,26-,27+/m0/s1. The van der Waals surface area contributed by atoms with E-state index in [-0.39, 0.29) is 11.8 Å². The van der Waals surface area contributed by atoms with E-state index in [4.69, 9.17) is 27.1 Å². The number of fused-ring (bicyclic) bond motifs is 3. The highest BCUT2D eigenvalue weighted by Gasteiger charge is 2.73. The summed E-state index contributed by atoms with van der Waals surface area (Å²) in [6.07, 6.45) is 3.95. The van der Waals surface area contributed by atoms with Crippen molar-refractivity contribution in [3.05, 3.63) is 57.7 Å². The van der Waals surface area contributed by atoms with Gasteiger partial charge in [0.05, 0.1) is 27.2 Å². The zero-order valence-electron chi connectivity index (χ0n) is 18.7.